The van der Waals surface area contributed by atoms with Crippen LogP contribution < -0.4 is 5.73 Å². The second-order valence-electron chi connectivity index (χ2n) is 5.29. The highest BCUT2D eigenvalue weighted by molar-refractivity contribution is 5.10. The maximum absolute atomic E-state index is 9.21. The Morgan fingerprint density at radius 1 is 1.42 bits per heavy atom. The van der Waals surface area contributed by atoms with Gasteiger partial charge in [-0.3, -0.25) is 0 Å². The van der Waals surface area contributed by atoms with Gasteiger partial charge < -0.3 is 10.8 Å². The van der Waals surface area contributed by atoms with Crippen molar-refractivity contribution in [2.75, 3.05) is 13.2 Å². The largest absolute Gasteiger partial charge is 0.396 e. The third kappa shape index (κ3) is 1.27. The van der Waals surface area contributed by atoms with E-state index >= 15 is 0 Å². The van der Waals surface area contributed by atoms with E-state index in [4.69, 9.17) is 5.73 Å². The predicted octanol–water partition coefficient (Wildman–Crippen LogP) is 1.24. The van der Waals surface area contributed by atoms with Crippen LogP contribution >= 0.6 is 0 Å². The fourth-order valence-electron chi connectivity index (χ4n) is 2.83. The Balaban J connectivity index is 2.69. The van der Waals surface area contributed by atoms with Gasteiger partial charge in [0.05, 0.1) is 0 Å². The number of rotatable bonds is 3. The minimum Gasteiger partial charge on any atom is -0.396 e. The molecule has 0 heterocycles. The Kier molecular flexibility index (Phi) is 2.26. The van der Waals surface area contributed by atoms with Crippen LogP contribution in [0.2, 0.25) is 0 Å². The molecule has 0 radical (unpaired) electrons. The Labute approximate surface area is 75.2 Å². The molecule has 0 aromatic carbocycles. The number of hydrogen-bond donors (Lipinski definition) is 2. The molecule has 0 saturated heterocycles. The summed E-state index contributed by atoms with van der Waals surface area (Å²) in [4.78, 5) is 0. The highest BCUT2D eigenvalue weighted by Crippen LogP contribution is 2.64. The fourth-order valence-corrected chi connectivity index (χ4v) is 2.83. The van der Waals surface area contributed by atoms with E-state index in [0.717, 1.165) is 6.54 Å². The van der Waals surface area contributed by atoms with Crippen molar-refractivity contribution in [3.8, 4) is 0 Å². The molecular formula is C10H21NO. The molecule has 0 amide bonds. The van der Waals surface area contributed by atoms with E-state index in [2.05, 4.69) is 27.7 Å². The summed E-state index contributed by atoms with van der Waals surface area (Å²) in [6.07, 6.45) is 0. The first kappa shape index (κ1) is 10.0. The van der Waals surface area contributed by atoms with Gasteiger partial charge in [-0.15, -0.1) is 0 Å². The topological polar surface area (TPSA) is 46.2 Å². The average molecular weight is 171 g/mol. The summed E-state index contributed by atoms with van der Waals surface area (Å²) >= 11 is 0. The summed E-state index contributed by atoms with van der Waals surface area (Å²) in [6.45, 7) is 9.74. The van der Waals surface area contributed by atoms with Gasteiger partial charge in [-0.05, 0) is 29.2 Å². The molecule has 0 spiro atoms. The molecule has 2 atom stereocenters. The van der Waals surface area contributed by atoms with Crippen LogP contribution in [-0.4, -0.2) is 18.3 Å². The van der Waals surface area contributed by atoms with Crippen molar-refractivity contribution in [3.63, 3.8) is 0 Å². The van der Waals surface area contributed by atoms with Crippen molar-refractivity contribution >= 4 is 0 Å². The normalized spacial score (nSPS) is 33.5. The van der Waals surface area contributed by atoms with Crippen LogP contribution in [0, 0.1) is 22.7 Å². The SMILES string of the molecule is CC(C)(CO)[C@@H]1[C@@H](CN)C1(C)C. The van der Waals surface area contributed by atoms with Gasteiger partial charge in [-0.25, -0.2) is 0 Å². The molecule has 72 valence electrons. The zero-order valence-electron chi connectivity index (χ0n) is 8.59. The third-order valence-electron chi connectivity index (χ3n) is 3.55. The summed E-state index contributed by atoms with van der Waals surface area (Å²) in [5.41, 5.74) is 6.04. The first-order valence-electron chi connectivity index (χ1n) is 4.69. The molecule has 12 heavy (non-hydrogen) atoms. The molecule has 0 bridgehead atoms. The zero-order chi connectivity index (χ0) is 9.57. The van der Waals surface area contributed by atoms with Gasteiger partial charge in [-0.2, -0.15) is 0 Å². The van der Waals surface area contributed by atoms with E-state index in [1.165, 1.54) is 0 Å². The van der Waals surface area contributed by atoms with Crippen LogP contribution in [0.1, 0.15) is 27.7 Å². The molecule has 2 nitrogen and oxygen atoms in total. The number of hydrogen-bond acceptors (Lipinski definition) is 2. The lowest BCUT2D eigenvalue weighted by molar-refractivity contribution is 0.121. The molecule has 1 saturated carbocycles. The second-order valence-corrected chi connectivity index (χ2v) is 5.29. The fraction of sp³-hybridized carbons (Fsp3) is 1.00. The van der Waals surface area contributed by atoms with Gasteiger partial charge in [0.15, 0.2) is 0 Å². The van der Waals surface area contributed by atoms with Crippen LogP contribution in [-0.2, 0) is 0 Å². The molecule has 1 aliphatic rings. The Hall–Kier alpha value is -0.0800. The summed E-state index contributed by atoms with van der Waals surface area (Å²) < 4.78 is 0. The lowest BCUT2D eigenvalue weighted by atomic mass is 9.84. The Bertz CT molecular complexity index is 175. The summed E-state index contributed by atoms with van der Waals surface area (Å²) in [6, 6.07) is 0. The van der Waals surface area contributed by atoms with Gasteiger partial charge in [-0.1, -0.05) is 27.7 Å². The molecule has 1 aliphatic carbocycles. The lowest BCUT2D eigenvalue weighted by Gasteiger charge is -2.23. The molecule has 0 aromatic heterocycles. The van der Waals surface area contributed by atoms with Crippen LogP contribution in [0.5, 0.6) is 0 Å². The van der Waals surface area contributed by atoms with Crippen LogP contribution in [0.15, 0.2) is 0 Å². The van der Waals surface area contributed by atoms with E-state index in [9.17, 15) is 5.11 Å². The molecule has 0 aliphatic heterocycles. The molecule has 3 N–H and O–H groups in total. The average Bonchev–Trinajstić information content (AvgIpc) is 2.53. The predicted molar refractivity (Wildman–Crippen MR) is 50.7 cm³/mol. The number of aliphatic hydroxyl groups excluding tert-OH is 1. The van der Waals surface area contributed by atoms with E-state index < -0.39 is 0 Å². The smallest absolute Gasteiger partial charge is 0.0485 e. The summed E-state index contributed by atoms with van der Waals surface area (Å²) in [5, 5.41) is 9.21. The highest BCUT2D eigenvalue weighted by atomic mass is 16.3. The van der Waals surface area contributed by atoms with E-state index in [0.29, 0.717) is 17.3 Å². The monoisotopic (exact) mass is 171 g/mol. The van der Waals surface area contributed by atoms with Crippen molar-refractivity contribution < 1.29 is 5.11 Å². The quantitative estimate of drug-likeness (QED) is 0.671. The molecule has 2 heteroatoms. The van der Waals surface area contributed by atoms with Gasteiger partial charge in [0, 0.05) is 6.61 Å². The number of aliphatic hydroxyl groups is 1. The lowest BCUT2D eigenvalue weighted by Crippen LogP contribution is -2.23. The molecule has 0 unspecified atom stereocenters. The molecule has 1 fully saturated rings. The first-order valence-corrected chi connectivity index (χ1v) is 4.69. The van der Waals surface area contributed by atoms with Crippen LogP contribution in [0.25, 0.3) is 0 Å². The van der Waals surface area contributed by atoms with Crippen LogP contribution in [0.4, 0.5) is 0 Å². The Morgan fingerprint density at radius 3 is 2.17 bits per heavy atom. The van der Waals surface area contributed by atoms with Crippen LogP contribution in [0.3, 0.4) is 0 Å². The molecule has 1 rings (SSSR count). The van der Waals surface area contributed by atoms with Crippen molar-refractivity contribution in [1.29, 1.82) is 0 Å². The van der Waals surface area contributed by atoms with E-state index in [1.54, 1.807) is 0 Å². The van der Waals surface area contributed by atoms with Gasteiger partial charge in [0.25, 0.3) is 0 Å². The molecule has 0 aromatic rings. The molecular weight excluding hydrogens is 150 g/mol. The van der Waals surface area contributed by atoms with Crippen molar-refractivity contribution in [1.82, 2.24) is 0 Å². The first-order chi connectivity index (χ1) is 5.38. The summed E-state index contributed by atoms with van der Waals surface area (Å²) in [7, 11) is 0. The highest BCUT2D eigenvalue weighted by Gasteiger charge is 2.62. The third-order valence-corrected chi connectivity index (χ3v) is 3.55. The van der Waals surface area contributed by atoms with Crippen molar-refractivity contribution in [2.45, 2.75) is 27.7 Å². The van der Waals surface area contributed by atoms with E-state index in [1.807, 2.05) is 0 Å². The van der Waals surface area contributed by atoms with Crippen molar-refractivity contribution in [2.24, 2.45) is 28.4 Å². The Morgan fingerprint density at radius 2 is 1.92 bits per heavy atom. The minimum absolute atomic E-state index is 0.0353. The van der Waals surface area contributed by atoms with Gasteiger partial charge >= 0.3 is 0 Å². The van der Waals surface area contributed by atoms with Gasteiger partial charge in [0.2, 0.25) is 0 Å². The van der Waals surface area contributed by atoms with Gasteiger partial charge in [0.1, 0.15) is 0 Å². The second kappa shape index (κ2) is 2.71. The number of nitrogens with two attached hydrogens (primary N) is 1. The van der Waals surface area contributed by atoms with E-state index in [-0.39, 0.29) is 12.0 Å². The minimum atomic E-state index is 0.0353. The maximum atomic E-state index is 9.21. The van der Waals surface area contributed by atoms with Crippen molar-refractivity contribution in [3.05, 3.63) is 0 Å². The zero-order valence-corrected chi connectivity index (χ0v) is 8.59. The summed E-state index contributed by atoms with van der Waals surface area (Å²) in [5.74, 6) is 1.18. The maximum Gasteiger partial charge on any atom is 0.0485 e. The standard InChI is InChI=1S/C10H21NO/c1-9(2,6-12)8-7(5-11)10(8,3)4/h7-8,12H,5-6,11H2,1-4H3/t7-,8+/m1/s1.